The smallest absolute Gasteiger partial charge is 0.133 e. The second-order valence-corrected chi connectivity index (χ2v) is 5.85. The van der Waals surface area contributed by atoms with E-state index in [9.17, 15) is 4.39 Å². The Morgan fingerprint density at radius 3 is 2.81 bits per heavy atom. The summed E-state index contributed by atoms with van der Waals surface area (Å²) in [5.74, 6) is 0.687. The summed E-state index contributed by atoms with van der Waals surface area (Å²) in [7, 11) is 1.83. The van der Waals surface area contributed by atoms with E-state index >= 15 is 0 Å². The molecule has 6 heteroatoms. The van der Waals surface area contributed by atoms with Crippen molar-refractivity contribution in [2.24, 2.45) is 0 Å². The van der Waals surface area contributed by atoms with Crippen LogP contribution in [-0.2, 0) is 32.7 Å². The topological polar surface area (TPSA) is 12.5 Å². The van der Waals surface area contributed by atoms with Crippen LogP contribution in [0.2, 0.25) is 0 Å². The SMILES string of the molecule is C=C1C(Br)=C[C-]=C(c2ccc(OCSC)cc2F)N1C.[Y]. The molecule has 0 saturated carbocycles. The van der Waals surface area contributed by atoms with Gasteiger partial charge in [0.1, 0.15) is 11.7 Å². The minimum Gasteiger partial charge on any atom is -0.483 e. The number of ether oxygens (including phenoxy) is 1. The molecule has 0 unspecified atom stereocenters. The molecule has 1 aliphatic heterocycles. The third-order valence-corrected chi connectivity index (χ3v) is 3.93. The van der Waals surface area contributed by atoms with Crippen molar-refractivity contribution in [1.82, 2.24) is 4.90 Å². The van der Waals surface area contributed by atoms with E-state index in [1.807, 2.05) is 13.3 Å². The zero-order valence-electron chi connectivity index (χ0n) is 11.8. The maximum absolute atomic E-state index is 14.2. The molecule has 21 heavy (non-hydrogen) atoms. The predicted molar refractivity (Wildman–Crippen MR) is 86.0 cm³/mol. The molecule has 0 fully saturated rings. The van der Waals surface area contributed by atoms with Gasteiger partial charge in [-0.3, -0.25) is 0 Å². The van der Waals surface area contributed by atoms with E-state index in [0.717, 1.165) is 10.2 Å². The quantitative estimate of drug-likeness (QED) is 0.505. The number of hydrogen-bond donors (Lipinski definition) is 0. The Bertz CT molecular complexity index is 603. The minimum absolute atomic E-state index is 0. The second-order valence-electron chi connectivity index (χ2n) is 4.18. The van der Waals surface area contributed by atoms with Crippen LogP contribution in [0.25, 0.3) is 5.70 Å². The summed E-state index contributed by atoms with van der Waals surface area (Å²) in [5.41, 5.74) is 1.88. The van der Waals surface area contributed by atoms with Gasteiger partial charge in [0.2, 0.25) is 0 Å². The van der Waals surface area contributed by atoms with Crippen molar-refractivity contribution in [3.05, 3.63) is 58.5 Å². The van der Waals surface area contributed by atoms with E-state index in [0.29, 0.717) is 22.9 Å². The molecular formula is C15H14BrFNOSY-. The zero-order chi connectivity index (χ0) is 14.7. The molecule has 1 heterocycles. The third kappa shape index (κ3) is 4.44. The molecular weight excluding hydrogens is 430 g/mol. The van der Waals surface area contributed by atoms with Crippen LogP contribution in [0, 0.1) is 11.9 Å². The Labute approximate surface area is 162 Å². The van der Waals surface area contributed by atoms with Crippen LogP contribution in [0.3, 0.4) is 0 Å². The molecule has 2 nitrogen and oxygen atoms in total. The molecule has 0 aliphatic carbocycles. The number of allylic oxidation sites excluding steroid dienone is 3. The Hall–Kier alpha value is -0.0961. The average molecular weight is 444 g/mol. The largest absolute Gasteiger partial charge is 0.483 e. The van der Waals surface area contributed by atoms with Gasteiger partial charge in [0, 0.05) is 45.8 Å². The number of hydrogen-bond acceptors (Lipinski definition) is 3. The van der Waals surface area contributed by atoms with Crippen molar-refractivity contribution in [2.75, 3.05) is 19.2 Å². The minimum atomic E-state index is -0.336. The molecule has 0 amide bonds. The van der Waals surface area contributed by atoms with E-state index in [2.05, 4.69) is 28.6 Å². The first kappa shape index (κ1) is 19.0. The van der Waals surface area contributed by atoms with E-state index in [1.165, 1.54) is 6.07 Å². The van der Waals surface area contributed by atoms with Crippen LogP contribution in [-0.4, -0.2) is 24.1 Å². The van der Waals surface area contributed by atoms with Gasteiger partial charge in [-0.05, 0) is 18.0 Å². The van der Waals surface area contributed by atoms with Gasteiger partial charge in [-0.2, -0.15) is 12.2 Å². The fourth-order valence-electron chi connectivity index (χ4n) is 1.77. The van der Waals surface area contributed by atoms with Gasteiger partial charge in [-0.25, -0.2) is 4.39 Å². The monoisotopic (exact) mass is 443 g/mol. The Kier molecular flexibility index (Phi) is 7.68. The Balaban J connectivity index is 0.00000220. The number of rotatable bonds is 4. The molecule has 1 aliphatic rings. The third-order valence-electron chi connectivity index (χ3n) is 2.89. The predicted octanol–water partition coefficient (Wildman–Crippen LogP) is 4.40. The molecule has 0 aromatic heterocycles. The van der Waals surface area contributed by atoms with Gasteiger partial charge in [0.15, 0.2) is 0 Å². The summed E-state index contributed by atoms with van der Waals surface area (Å²) >= 11 is 4.92. The number of nitrogens with zero attached hydrogens (tertiary/aromatic N) is 1. The normalized spacial score (nSPS) is 14.3. The van der Waals surface area contributed by atoms with Gasteiger partial charge >= 0.3 is 0 Å². The van der Waals surface area contributed by atoms with Crippen LogP contribution in [0.15, 0.2) is 41.0 Å². The van der Waals surface area contributed by atoms with Crippen LogP contribution >= 0.6 is 27.7 Å². The first-order valence-corrected chi connectivity index (χ1v) is 8.07. The summed E-state index contributed by atoms with van der Waals surface area (Å²) < 4.78 is 20.4. The zero-order valence-corrected chi connectivity index (χ0v) is 17.1. The second kappa shape index (κ2) is 8.51. The number of halogens is 2. The molecule has 0 bridgehead atoms. The van der Waals surface area contributed by atoms with Crippen LogP contribution in [0.1, 0.15) is 5.56 Å². The Morgan fingerprint density at radius 1 is 1.48 bits per heavy atom. The first-order chi connectivity index (χ1) is 9.54. The molecule has 0 saturated heterocycles. The standard InChI is InChI=1S/C15H14BrFNOS.Y/c1-10-13(16)6-7-15(18(10)2)12-5-4-11(8-14(12)17)19-9-20-3;/h4-6,8H,1,9H2,2-3H3;/q-1;. The summed E-state index contributed by atoms with van der Waals surface area (Å²) in [4.78, 5) is 1.80. The molecule has 2 rings (SSSR count). The number of thioether (sulfide) groups is 1. The average Bonchev–Trinajstić information content (AvgIpc) is 2.44. The van der Waals surface area contributed by atoms with E-state index in [4.69, 9.17) is 4.74 Å². The van der Waals surface area contributed by atoms with Crippen LogP contribution < -0.4 is 4.74 Å². The van der Waals surface area contributed by atoms with Crippen molar-refractivity contribution in [1.29, 1.82) is 0 Å². The summed E-state index contributed by atoms with van der Waals surface area (Å²) in [6, 6.07) is 4.85. The fourth-order valence-corrected chi connectivity index (χ4v) is 2.40. The number of benzene rings is 1. The van der Waals surface area contributed by atoms with Crippen molar-refractivity contribution >= 4 is 33.4 Å². The Morgan fingerprint density at radius 2 is 2.19 bits per heavy atom. The van der Waals surface area contributed by atoms with Crippen molar-refractivity contribution in [3.8, 4) is 5.75 Å². The molecule has 1 aromatic carbocycles. The van der Waals surface area contributed by atoms with Gasteiger partial charge < -0.3 is 9.64 Å². The molecule has 0 N–H and O–H groups in total. The molecule has 1 aromatic rings. The molecule has 0 atom stereocenters. The maximum atomic E-state index is 14.2. The molecule has 1 radical (unpaired) electrons. The summed E-state index contributed by atoms with van der Waals surface area (Å²) in [5, 5.41) is 0. The van der Waals surface area contributed by atoms with Crippen molar-refractivity contribution in [2.45, 2.75) is 0 Å². The van der Waals surface area contributed by atoms with Crippen LogP contribution in [0.5, 0.6) is 5.75 Å². The van der Waals surface area contributed by atoms with Gasteiger partial charge in [0.25, 0.3) is 0 Å². The van der Waals surface area contributed by atoms with Gasteiger partial charge in [-0.15, -0.1) is 33.8 Å². The fraction of sp³-hybridized carbons (Fsp3) is 0.200. The van der Waals surface area contributed by atoms with Crippen molar-refractivity contribution in [3.63, 3.8) is 0 Å². The first-order valence-electron chi connectivity index (χ1n) is 5.88. The maximum Gasteiger partial charge on any atom is 0.133 e. The molecule has 0 spiro atoms. The summed E-state index contributed by atoms with van der Waals surface area (Å²) in [6.07, 6.45) is 6.73. The van der Waals surface area contributed by atoms with Gasteiger partial charge in [0.05, 0.1) is 5.82 Å². The molecule has 109 valence electrons. The van der Waals surface area contributed by atoms with E-state index in [-0.39, 0.29) is 38.5 Å². The van der Waals surface area contributed by atoms with E-state index < -0.39 is 0 Å². The summed E-state index contributed by atoms with van der Waals surface area (Å²) in [6.45, 7) is 3.94. The van der Waals surface area contributed by atoms with Crippen LogP contribution in [0.4, 0.5) is 4.39 Å². The van der Waals surface area contributed by atoms with Crippen molar-refractivity contribution < 1.29 is 41.8 Å². The number of likely N-dealkylation sites (N-methyl/N-ethyl adjacent to an activating group) is 1. The van der Waals surface area contributed by atoms with E-state index in [1.54, 1.807) is 34.9 Å². The van der Waals surface area contributed by atoms with Gasteiger partial charge in [-0.1, -0.05) is 22.3 Å².